The zero-order chi connectivity index (χ0) is 21.3. The van der Waals surface area contributed by atoms with Crippen molar-refractivity contribution in [1.29, 1.82) is 0 Å². The minimum absolute atomic E-state index is 0.114. The number of carbonyl (C=O) groups excluding carboxylic acids is 2. The second-order valence-electron chi connectivity index (χ2n) is 6.92. The second-order valence-corrected chi connectivity index (χ2v) is 6.92. The van der Waals surface area contributed by atoms with Crippen LogP contribution in [0.4, 0.5) is 5.69 Å². The molecule has 0 spiro atoms. The minimum atomic E-state index is -0.198. The molecule has 2 N–H and O–H groups in total. The highest BCUT2D eigenvalue weighted by Gasteiger charge is 2.16. The van der Waals surface area contributed by atoms with E-state index in [9.17, 15) is 9.59 Å². The highest BCUT2D eigenvalue weighted by atomic mass is 16.7. The van der Waals surface area contributed by atoms with Crippen LogP contribution in [0.15, 0.2) is 42.5 Å². The second kappa shape index (κ2) is 10.5. The summed E-state index contributed by atoms with van der Waals surface area (Å²) in [5.74, 6) is 1.64. The van der Waals surface area contributed by atoms with Gasteiger partial charge in [0.1, 0.15) is 5.75 Å². The maximum Gasteiger partial charge on any atom is 0.238 e. The van der Waals surface area contributed by atoms with Gasteiger partial charge < -0.3 is 24.8 Å². The molecule has 0 aromatic heterocycles. The Morgan fingerprint density at radius 2 is 1.83 bits per heavy atom. The van der Waals surface area contributed by atoms with Gasteiger partial charge in [-0.3, -0.25) is 14.5 Å². The van der Waals surface area contributed by atoms with E-state index in [0.717, 1.165) is 12.0 Å². The Morgan fingerprint density at radius 3 is 2.63 bits per heavy atom. The normalized spacial score (nSPS) is 12.0. The Hall–Kier alpha value is -3.26. The molecule has 0 fully saturated rings. The average molecular weight is 413 g/mol. The Kier molecular flexibility index (Phi) is 7.51. The van der Waals surface area contributed by atoms with Crippen molar-refractivity contribution >= 4 is 17.5 Å². The minimum Gasteiger partial charge on any atom is -0.495 e. The van der Waals surface area contributed by atoms with E-state index in [-0.39, 0.29) is 31.7 Å². The summed E-state index contributed by atoms with van der Waals surface area (Å²) in [4.78, 5) is 26.7. The Morgan fingerprint density at radius 1 is 1.07 bits per heavy atom. The zero-order valence-corrected chi connectivity index (χ0v) is 17.3. The van der Waals surface area contributed by atoms with Crippen LogP contribution in [0, 0.1) is 0 Å². The number of rotatable bonds is 10. The molecule has 0 bridgehead atoms. The SMILES string of the molecule is CCCN(CC(=O)NCc1ccc2c(c1)OCO2)CC(=O)Nc1ccccc1OC. The van der Waals surface area contributed by atoms with E-state index in [1.54, 1.807) is 19.2 Å². The molecule has 1 heterocycles. The molecule has 1 aliphatic rings. The first-order chi connectivity index (χ1) is 14.6. The molecule has 8 nitrogen and oxygen atoms in total. The number of anilines is 1. The summed E-state index contributed by atoms with van der Waals surface area (Å²) in [5.41, 5.74) is 1.53. The van der Waals surface area contributed by atoms with Crippen molar-refractivity contribution in [2.24, 2.45) is 0 Å². The van der Waals surface area contributed by atoms with Gasteiger partial charge in [0.2, 0.25) is 18.6 Å². The van der Waals surface area contributed by atoms with Crippen molar-refractivity contribution in [3.8, 4) is 17.2 Å². The average Bonchev–Trinajstić information content (AvgIpc) is 3.20. The summed E-state index contributed by atoms with van der Waals surface area (Å²) < 4.78 is 15.9. The molecule has 0 unspecified atom stereocenters. The van der Waals surface area contributed by atoms with Gasteiger partial charge in [-0.05, 0) is 42.8 Å². The highest BCUT2D eigenvalue weighted by molar-refractivity contribution is 5.94. The van der Waals surface area contributed by atoms with Crippen LogP contribution in [-0.2, 0) is 16.1 Å². The molecule has 0 radical (unpaired) electrons. The van der Waals surface area contributed by atoms with Crippen molar-refractivity contribution in [2.75, 3.05) is 38.9 Å². The summed E-state index contributed by atoms with van der Waals surface area (Å²) in [7, 11) is 1.55. The zero-order valence-electron chi connectivity index (χ0n) is 17.3. The summed E-state index contributed by atoms with van der Waals surface area (Å²) >= 11 is 0. The Bertz CT molecular complexity index is 887. The number of fused-ring (bicyclic) bond motifs is 1. The number of hydrogen-bond donors (Lipinski definition) is 2. The van der Waals surface area contributed by atoms with Crippen LogP contribution in [0.5, 0.6) is 17.2 Å². The maximum absolute atomic E-state index is 12.5. The first-order valence-corrected chi connectivity index (χ1v) is 9.89. The van der Waals surface area contributed by atoms with E-state index in [0.29, 0.717) is 36.0 Å². The number of hydrogen-bond acceptors (Lipinski definition) is 6. The van der Waals surface area contributed by atoms with Gasteiger partial charge in [0.15, 0.2) is 11.5 Å². The molecule has 30 heavy (non-hydrogen) atoms. The van der Waals surface area contributed by atoms with Crippen molar-refractivity contribution in [1.82, 2.24) is 10.2 Å². The van der Waals surface area contributed by atoms with E-state index < -0.39 is 0 Å². The lowest BCUT2D eigenvalue weighted by Crippen LogP contribution is -2.41. The fraction of sp³-hybridized carbons (Fsp3) is 0.364. The van der Waals surface area contributed by atoms with Crippen LogP contribution in [0.1, 0.15) is 18.9 Å². The van der Waals surface area contributed by atoms with Gasteiger partial charge in [0, 0.05) is 6.54 Å². The molecule has 8 heteroatoms. The van der Waals surface area contributed by atoms with Gasteiger partial charge in [0.25, 0.3) is 0 Å². The maximum atomic E-state index is 12.5. The quantitative estimate of drug-likeness (QED) is 0.622. The molecule has 3 rings (SSSR count). The van der Waals surface area contributed by atoms with Gasteiger partial charge in [-0.25, -0.2) is 0 Å². The number of ether oxygens (including phenoxy) is 3. The van der Waals surface area contributed by atoms with E-state index >= 15 is 0 Å². The molecular weight excluding hydrogens is 386 g/mol. The predicted molar refractivity (Wildman–Crippen MR) is 113 cm³/mol. The summed E-state index contributed by atoms with van der Waals surface area (Å²) in [6.45, 7) is 3.49. The van der Waals surface area contributed by atoms with Gasteiger partial charge >= 0.3 is 0 Å². The summed E-state index contributed by atoms with van der Waals surface area (Å²) in [6, 6.07) is 12.8. The molecule has 2 aromatic carbocycles. The first kappa shape index (κ1) is 21.4. The van der Waals surface area contributed by atoms with Crippen LogP contribution >= 0.6 is 0 Å². The lowest BCUT2D eigenvalue weighted by atomic mass is 10.2. The first-order valence-electron chi connectivity index (χ1n) is 9.89. The number of carbonyl (C=O) groups is 2. The molecule has 1 aliphatic heterocycles. The number of nitrogens with zero attached hydrogens (tertiary/aromatic N) is 1. The van der Waals surface area contributed by atoms with Crippen LogP contribution < -0.4 is 24.8 Å². The van der Waals surface area contributed by atoms with Crippen molar-refractivity contribution in [2.45, 2.75) is 19.9 Å². The van der Waals surface area contributed by atoms with Crippen molar-refractivity contribution in [3.63, 3.8) is 0 Å². The molecular formula is C22H27N3O5. The van der Waals surface area contributed by atoms with Crippen molar-refractivity contribution in [3.05, 3.63) is 48.0 Å². The molecule has 160 valence electrons. The van der Waals surface area contributed by atoms with E-state index in [4.69, 9.17) is 14.2 Å². The lowest BCUT2D eigenvalue weighted by Gasteiger charge is -2.21. The number of benzene rings is 2. The van der Waals surface area contributed by atoms with Crippen LogP contribution in [0.2, 0.25) is 0 Å². The van der Waals surface area contributed by atoms with Gasteiger partial charge in [-0.1, -0.05) is 25.1 Å². The monoisotopic (exact) mass is 413 g/mol. The highest BCUT2D eigenvalue weighted by Crippen LogP contribution is 2.32. The molecule has 0 saturated heterocycles. The van der Waals surface area contributed by atoms with E-state index in [1.807, 2.05) is 42.2 Å². The van der Waals surface area contributed by atoms with Crippen molar-refractivity contribution < 1.29 is 23.8 Å². The van der Waals surface area contributed by atoms with Crippen LogP contribution in [0.3, 0.4) is 0 Å². The van der Waals surface area contributed by atoms with E-state index in [1.165, 1.54) is 0 Å². The Balaban J connectivity index is 1.50. The molecule has 0 aliphatic carbocycles. The van der Waals surface area contributed by atoms with Gasteiger partial charge in [-0.2, -0.15) is 0 Å². The third-order valence-corrected chi connectivity index (χ3v) is 4.58. The summed E-state index contributed by atoms with van der Waals surface area (Å²) in [5, 5.41) is 5.73. The van der Waals surface area contributed by atoms with Gasteiger partial charge in [-0.15, -0.1) is 0 Å². The fourth-order valence-corrected chi connectivity index (χ4v) is 3.18. The molecule has 0 saturated carbocycles. The van der Waals surface area contributed by atoms with E-state index in [2.05, 4.69) is 10.6 Å². The number of nitrogens with one attached hydrogen (secondary N) is 2. The molecule has 2 aromatic rings. The third kappa shape index (κ3) is 5.87. The standard InChI is InChI=1S/C22H27N3O5/c1-3-10-25(14-22(27)24-17-6-4-5-7-18(17)28-2)13-21(26)23-12-16-8-9-19-20(11-16)30-15-29-19/h4-9,11H,3,10,12-15H2,1-2H3,(H,23,26)(H,24,27). The van der Waals surface area contributed by atoms with Crippen LogP contribution in [0.25, 0.3) is 0 Å². The number of methoxy groups -OCH3 is 1. The topological polar surface area (TPSA) is 89.1 Å². The fourth-order valence-electron chi connectivity index (χ4n) is 3.18. The van der Waals surface area contributed by atoms with Crippen LogP contribution in [-0.4, -0.2) is 50.3 Å². The third-order valence-electron chi connectivity index (χ3n) is 4.58. The van der Waals surface area contributed by atoms with Gasteiger partial charge in [0.05, 0.1) is 25.9 Å². The summed E-state index contributed by atoms with van der Waals surface area (Å²) in [6.07, 6.45) is 0.831. The number of amides is 2. The smallest absolute Gasteiger partial charge is 0.238 e. The molecule has 0 atom stereocenters. The molecule has 2 amide bonds. The largest absolute Gasteiger partial charge is 0.495 e. The number of para-hydroxylation sites is 2. The predicted octanol–water partition coefficient (Wildman–Crippen LogP) is 2.39. The Labute approximate surface area is 176 Å². The lowest BCUT2D eigenvalue weighted by molar-refractivity contribution is -0.123.